The van der Waals surface area contributed by atoms with Crippen LogP contribution >= 0.6 is 0 Å². The molecule has 26 heavy (non-hydrogen) atoms. The Morgan fingerprint density at radius 1 is 1.08 bits per heavy atom. The molecule has 0 unspecified atom stereocenters. The van der Waals surface area contributed by atoms with Crippen molar-refractivity contribution in [1.82, 2.24) is 0 Å². The molecular weight excluding hydrogens is 350 g/mol. The lowest BCUT2D eigenvalue weighted by Gasteiger charge is -2.06. The van der Waals surface area contributed by atoms with Gasteiger partial charge < -0.3 is 9.73 Å². The van der Waals surface area contributed by atoms with Gasteiger partial charge in [-0.15, -0.1) is 0 Å². The molecule has 0 aliphatic rings. The summed E-state index contributed by atoms with van der Waals surface area (Å²) in [5, 5.41) is 3.73. The van der Waals surface area contributed by atoms with Crippen molar-refractivity contribution in [3.63, 3.8) is 0 Å². The fraction of sp³-hybridized carbons (Fsp3) is 0.250. The lowest BCUT2D eigenvalue weighted by molar-refractivity contribution is -0.115. The highest BCUT2D eigenvalue weighted by molar-refractivity contribution is 7.91. The molecule has 0 saturated heterocycles. The Morgan fingerprint density at radius 2 is 1.77 bits per heavy atom. The maximum absolute atomic E-state index is 12.3. The summed E-state index contributed by atoms with van der Waals surface area (Å²) < 4.78 is 29.3. The molecule has 0 atom stereocenters. The van der Waals surface area contributed by atoms with Crippen LogP contribution in [0.3, 0.4) is 0 Å². The van der Waals surface area contributed by atoms with Crippen LogP contribution in [0.5, 0.6) is 0 Å². The average molecular weight is 371 g/mol. The van der Waals surface area contributed by atoms with Crippen LogP contribution in [-0.4, -0.2) is 20.1 Å². The highest BCUT2D eigenvalue weighted by Crippen LogP contribution is 2.27. The van der Waals surface area contributed by atoms with Crippen LogP contribution in [0.15, 0.2) is 52.0 Å². The average Bonchev–Trinajstić information content (AvgIpc) is 3.02. The first-order valence-corrected chi connectivity index (χ1v) is 10.1. The number of anilines is 1. The second-order valence-corrected chi connectivity index (χ2v) is 8.58. The second-order valence-electron chi connectivity index (χ2n) is 6.30. The standard InChI is InChI=1S/C20H21NO4S/c1-4-26(23,24)17-8-6-16(7-9-17)21-19(22)11-15-12-25-20-14(3)13(2)5-10-18(15)20/h5-10,12H,4,11H2,1-3H3,(H,21,22). The number of aryl methyl sites for hydroxylation is 2. The lowest BCUT2D eigenvalue weighted by atomic mass is 10.0. The van der Waals surface area contributed by atoms with Crippen LogP contribution in [-0.2, 0) is 21.1 Å². The molecule has 0 radical (unpaired) electrons. The minimum absolute atomic E-state index is 0.0468. The quantitative estimate of drug-likeness (QED) is 0.735. The minimum atomic E-state index is -3.24. The Hall–Kier alpha value is -2.60. The summed E-state index contributed by atoms with van der Waals surface area (Å²) in [5.41, 5.74) is 4.41. The fourth-order valence-corrected chi connectivity index (χ4v) is 3.70. The summed E-state index contributed by atoms with van der Waals surface area (Å²) in [4.78, 5) is 12.6. The normalized spacial score (nSPS) is 11.7. The lowest BCUT2D eigenvalue weighted by Crippen LogP contribution is -2.14. The van der Waals surface area contributed by atoms with Crippen molar-refractivity contribution in [1.29, 1.82) is 0 Å². The van der Waals surface area contributed by atoms with Gasteiger partial charge in [0.15, 0.2) is 9.84 Å². The van der Waals surface area contributed by atoms with Gasteiger partial charge in [0.2, 0.25) is 5.91 Å². The molecule has 0 aliphatic carbocycles. The monoisotopic (exact) mass is 371 g/mol. The Morgan fingerprint density at radius 3 is 2.42 bits per heavy atom. The van der Waals surface area contributed by atoms with E-state index in [1.54, 1.807) is 25.3 Å². The van der Waals surface area contributed by atoms with Gasteiger partial charge in [-0.1, -0.05) is 19.1 Å². The zero-order valence-corrected chi connectivity index (χ0v) is 15.8. The van der Waals surface area contributed by atoms with E-state index in [1.165, 1.54) is 12.1 Å². The molecule has 3 rings (SSSR count). The van der Waals surface area contributed by atoms with E-state index in [-0.39, 0.29) is 23.0 Å². The summed E-state index contributed by atoms with van der Waals surface area (Å²) in [6.45, 7) is 5.62. The van der Waals surface area contributed by atoms with Crippen molar-refractivity contribution in [3.05, 3.63) is 59.4 Å². The van der Waals surface area contributed by atoms with Crippen molar-refractivity contribution in [2.24, 2.45) is 0 Å². The number of hydrogen-bond acceptors (Lipinski definition) is 4. The van der Waals surface area contributed by atoms with E-state index in [4.69, 9.17) is 4.42 Å². The summed E-state index contributed by atoms with van der Waals surface area (Å²) in [7, 11) is -3.24. The molecular formula is C20H21NO4S. The van der Waals surface area contributed by atoms with Crippen molar-refractivity contribution in [2.45, 2.75) is 32.1 Å². The number of amides is 1. The predicted octanol–water partition coefficient (Wildman–Crippen LogP) is 4.02. The largest absolute Gasteiger partial charge is 0.464 e. The molecule has 6 heteroatoms. The molecule has 2 aromatic carbocycles. The number of furan rings is 1. The van der Waals surface area contributed by atoms with E-state index in [0.717, 1.165) is 27.7 Å². The molecule has 0 fully saturated rings. The number of fused-ring (bicyclic) bond motifs is 1. The van der Waals surface area contributed by atoms with Crippen LogP contribution in [0.1, 0.15) is 23.6 Å². The SMILES string of the molecule is CCS(=O)(=O)c1ccc(NC(=O)Cc2coc3c(C)c(C)ccc23)cc1. The molecule has 1 N–H and O–H groups in total. The number of hydrogen-bond donors (Lipinski definition) is 1. The summed E-state index contributed by atoms with van der Waals surface area (Å²) in [5.74, 6) is -0.137. The van der Waals surface area contributed by atoms with Crippen molar-refractivity contribution in [3.8, 4) is 0 Å². The van der Waals surface area contributed by atoms with E-state index in [0.29, 0.717) is 5.69 Å². The third kappa shape index (κ3) is 3.51. The van der Waals surface area contributed by atoms with Gasteiger partial charge in [-0.3, -0.25) is 4.79 Å². The van der Waals surface area contributed by atoms with Crippen LogP contribution in [0, 0.1) is 13.8 Å². The maximum Gasteiger partial charge on any atom is 0.228 e. The van der Waals surface area contributed by atoms with Crippen LogP contribution in [0.4, 0.5) is 5.69 Å². The summed E-state index contributed by atoms with van der Waals surface area (Å²) in [6, 6.07) is 10.2. The van der Waals surface area contributed by atoms with Gasteiger partial charge in [-0.2, -0.15) is 0 Å². The number of rotatable bonds is 5. The van der Waals surface area contributed by atoms with Crippen molar-refractivity contribution in [2.75, 3.05) is 11.1 Å². The second kappa shape index (κ2) is 6.96. The van der Waals surface area contributed by atoms with Crippen LogP contribution in [0.2, 0.25) is 0 Å². The molecule has 5 nitrogen and oxygen atoms in total. The van der Waals surface area contributed by atoms with Gasteiger partial charge in [0.1, 0.15) is 5.58 Å². The van der Waals surface area contributed by atoms with Crippen molar-refractivity contribution < 1.29 is 17.6 Å². The molecule has 0 bridgehead atoms. The van der Waals surface area contributed by atoms with E-state index in [9.17, 15) is 13.2 Å². The van der Waals surface area contributed by atoms with Gasteiger partial charge in [0.25, 0.3) is 0 Å². The van der Waals surface area contributed by atoms with Gasteiger partial charge in [0.05, 0.1) is 23.3 Å². The highest BCUT2D eigenvalue weighted by atomic mass is 32.2. The first-order chi connectivity index (χ1) is 12.3. The van der Waals surface area contributed by atoms with Crippen LogP contribution in [0.25, 0.3) is 11.0 Å². The molecule has 0 aliphatic heterocycles. The molecule has 1 amide bonds. The molecule has 0 spiro atoms. The van der Waals surface area contributed by atoms with Crippen LogP contribution < -0.4 is 5.32 Å². The number of sulfone groups is 1. The van der Waals surface area contributed by atoms with E-state index in [2.05, 4.69) is 5.32 Å². The molecule has 136 valence electrons. The maximum atomic E-state index is 12.3. The number of carbonyl (C=O) groups excluding carboxylic acids is 1. The van der Waals surface area contributed by atoms with Gasteiger partial charge >= 0.3 is 0 Å². The minimum Gasteiger partial charge on any atom is -0.464 e. The summed E-state index contributed by atoms with van der Waals surface area (Å²) >= 11 is 0. The van der Waals surface area contributed by atoms with E-state index in [1.807, 2.05) is 26.0 Å². The third-order valence-corrected chi connectivity index (χ3v) is 6.32. The zero-order valence-electron chi connectivity index (χ0n) is 15.0. The Kier molecular flexibility index (Phi) is 4.87. The number of benzene rings is 2. The topological polar surface area (TPSA) is 76.4 Å². The smallest absolute Gasteiger partial charge is 0.228 e. The summed E-state index contributed by atoms with van der Waals surface area (Å²) in [6.07, 6.45) is 1.80. The predicted molar refractivity (Wildman–Crippen MR) is 102 cm³/mol. The molecule has 0 saturated carbocycles. The number of carbonyl (C=O) groups is 1. The van der Waals surface area contributed by atoms with Gasteiger partial charge in [0, 0.05) is 16.6 Å². The Balaban J connectivity index is 1.75. The van der Waals surface area contributed by atoms with Gasteiger partial charge in [-0.05, 0) is 49.2 Å². The Labute approximate surface area is 152 Å². The molecule has 1 aromatic heterocycles. The molecule has 1 heterocycles. The first-order valence-electron chi connectivity index (χ1n) is 8.41. The first kappa shape index (κ1) is 18.2. The third-order valence-electron chi connectivity index (χ3n) is 4.57. The zero-order chi connectivity index (χ0) is 18.9. The fourth-order valence-electron chi connectivity index (χ4n) is 2.82. The molecule has 3 aromatic rings. The Bertz CT molecular complexity index is 1060. The van der Waals surface area contributed by atoms with E-state index >= 15 is 0 Å². The van der Waals surface area contributed by atoms with Crippen molar-refractivity contribution >= 4 is 32.4 Å². The van der Waals surface area contributed by atoms with E-state index < -0.39 is 9.84 Å². The highest BCUT2D eigenvalue weighted by Gasteiger charge is 2.14. The van der Waals surface area contributed by atoms with Gasteiger partial charge in [-0.25, -0.2) is 8.42 Å². The number of nitrogens with one attached hydrogen (secondary N) is 1.